The van der Waals surface area contributed by atoms with E-state index >= 15 is 0 Å². The van der Waals surface area contributed by atoms with Crippen molar-refractivity contribution in [1.82, 2.24) is 0 Å². The number of aliphatic carboxylic acids is 1. The van der Waals surface area contributed by atoms with Gasteiger partial charge >= 0.3 is 5.97 Å². The van der Waals surface area contributed by atoms with Gasteiger partial charge in [0, 0.05) is 28.6 Å². The Labute approximate surface area is 213 Å². The van der Waals surface area contributed by atoms with E-state index in [9.17, 15) is 14.7 Å². The number of ketones is 1. The highest BCUT2D eigenvalue weighted by Crippen LogP contribution is 2.42. The first-order valence-corrected chi connectivity index (χ1v) is 12.4. The molecule has 0 amide bonds. The van der Waals surface area contributed by atoms with Crippen LogP contribution in [0.15, 0.2) is 54.6 Å². The summed E-state index contributed by atoms with van der Waals surface area (Å²) in [5, 5.41) is 10.5. The number of carbonyl (C=O) groups is 2. The molecule has 2 atom stereocenters. The van der Waals surface area contributed by atoms with E-state index in [0.717, 1.165) is 24.3 Å². The third-order valence-corrected chi connectivity index (χ3v) is 7.36. The second-order valence-corrected chi connectivity index (χ2v) is 9.86. The van der Waals surface area contributed by atoms with Crippen LogP contribution < -0.4 is 9.47 Å². The van der Waals surface area contributed by atoms with E-state index in [1.807, 2.05) is 12.1 Å². The molecule has 5 rings (SSSR count). The molecule has 1 aliphatic carbocycles. The molecule has 5 nitrogen and oxygen atoms in total. The number of rotatable bonds is 7. The molecular formula is C28H24Cl2O5. The minimum atomic E-state index is -0.902. The van der Waals surface area contributed by atoms with Gasteiger partial charge in [-0.1, -0.05) is 29.3 Å². The van der Waals surface area contributed by atoms with Gasteiger partial charge in [-0.25, -0.2) is 0 Å². The number of carbonyl (C=O) groups excluding carboxylic acids is 1. The van der Waals surface area contributed by atoms with Crippen molar-refractivity contribution in [3.8, 4) is 17.2 Å². The van der Waals surface area contributed by atoms with Crippen LogP contribution in [0.5, 0.6) is 17.2 Å². The second-order valence-electron chi connectivity index (χ2n) is 9.02. The van der Waals surface area contributed by atoms with Gasteiger partial charge in [-0.2, -0.15) is 0 Å². The summed E-state index contributed by atoms with van der Waals surface area (Å²) in [6.07, 6.45) is 3.75. The molecule has 2 aliphatic rings. The zero-order valence-electron chi connectivity index (χ0n) is 18.9. The Bertz CT molecular complexity index is 1290. The van der Waals surface area contributed by atoms with Crippen molar-refractivity contribution in [2.45, 2.75) is 43.9 Å². The van der Waals surface area contributed by atoms with Crippen LogP contribution in [0.1, 0.15) is 64.6 Å². The predicted molar refractivity (Wildman–Crippen MR) is 135 cm³/mol. The maximum Gasteiger partial charge on any atom is 0.311 e. The highest BCUT2D eigenvalue weighted by atomic mass is 35.5. The van der Waals surface area contributed by atoms with E-state index in [4.69, 9.17) is 32.7 Å². The summed E-state index contributed by atoms with van der Waals surface area (Å²) in [7, 11) is 0. The van der Waals surface area contributed by atoms with Crippen molar-refractivity contribution < 1.29 is 24.2 Å². The molecule has 0 spiro atoms. The standard InChI is InChI=1S/C28H24Cl2O5/c29-19-6-9-21-16(1-2-18(21)13-19)5-10-25(31)17-3-7-20(8-4-17)35-27-15-26-23(14-24(27)30)22(28(32)33)11-12-34-26/h3-4,6-9,13-16,22H,1-2,5,10-12H2,(H,32,33). The molecule has 1 N–H and O–H groups in total. The van der Waals surface area contributed by atoms with Crippen LogP contribution in [0.25, 0.3) is 0 Å². The Kier molecular flexibility index (Phi) is 6.72. The molecule has 1 aliphatic heterocycles. The van der Waals surface area contributed by atoms with Crippen LogP contribution in [-0.2, 0) is 11.2 Å². The molecule has 7 heteroatoms. The van der Waals surface area contributed by atoms with E-state index in [2.05, 4.69) is 6.07 Å². The van der Waals surface area contributed by atoms with Gasteiger partial charge in [0.2, 0.25) is 0 Å². The van der Waals surface area contributed by atoms with E-state index in [1.54, 1.807) is 36.4 Å². The number of hydrogen-bond acceptors (Lipinski definition) is 4. The molecule has 2 unspecified atom stereocenters. The molecule has 0 bridgehead atoms. The monoisotopic (exact) mass is 510 g/mol. The quantitative estimate of drug-likeness (QED) is 0.334. The number of fused-ring (bicyclic) bond motifs is 2. The van der Waals surface area contributed by atoms with Crippen molar-refractivity contribution in [1.29, 1.82) is 0 Å². The molecule has 0 radical (unpaired) electrons. The first-order valence-electron chi connectivity index (χ1n) is 11.7. The molecule has 0 fully saturated rings. The van der Waals surface area contributed by atoms with Crippen molar-refractivity contribution in [2.24, 2.45) is 0 Å². The summed E-state index contributed by atoms with van der Waals surface area (Å²) in [6.45, 7) is 0.321. The minimum absolute atomic E-state index is 0.0962. The smallest absolute Gasteiger partial charge is 0.311 e. The SMILES string of the molecule is O=C(CCC1CCc2cc(Cl)ccc21)c1ccc(Oc2cc3c(cc2Cl)C(C(=O)O)CCO3)cc1. The summed E-state index contributed by atoms with van der Waals surface area (Å²) in [6, 6.07) is 16.2. The third-order valence-electron chi connectivity index (χ3n) is 6.83. The average Bonchev–Trinajstić information content (AvgIpc) is 3.25. The highest BCUT2D eigenvalue weighted by Gasteiger charge is 2.29. The van der Waals surface area contributed by atoms with Crippen LogP contribution in [0.4, 0.5) is 0 Å². The zero-order chi connectivity index (χ0) is 24.5. The topological polar surface area (TPSA) is 72.8 Å². The fourth-order valence-corrected chi connectivity index (χ4v) is 5.39. The van der Waals surface area contributed by atoms with Crippen molar-refractivity contribution >= 4 is 35.0 Å². The molecule has 180 valence electrons. The third kappa shape index (κ3) is 5.02. The number of Topliss-reactive ketones (excluding diaryl/α,β-unsaturated/α-hetero) is 1. The lowest BCUT2D eigenvalue weighted by Gasteiger charge is -2.24. The molecule has 0 saturated heterocycles. The van der Waals surface area contributed by atoms with Gasteiger partial charge < -0.3 is 14.6 Å². The number of hydrogen-bond donors (Lipinski definition) is 1. The van der Waals surface area contributed by atoms with E-state index in [-0.39, 0.29) is 5.78 Å². The van der Waals surface area contributed by atoms with Crippen LogP contribution in [-0.4, -0.2) is 23.5 Å². The van der Waals surface area contributed by atoms with Gasteiger partial charge in [0.25, 0.3) is 0 Å². The number of benzene rings is 3. The Morgan fingerprint density at radius 1 is 1.00 bits per heavy atom. The first-order chi connectivity index (χ1) is 16.9. The van der Waals surface area contributed by atoms with Gasteiger partial charge in [-0.3, -0.25) is 9.59 Å². The number of carboxylic acid groups (broad SMARTS) is 1. The lowest BCUT2D eigenvalue weighted by atomic mass is 9.93. The fourth-order valence-electron chi connectivity index (χ4n) is 4.98. The molecule has 35 heavy (non-hydrogen) atoms. The van der Waals surface area contributed by atoms with Gasteiger partial charge in [0.1, 0.15) is 17.2 Å². The van der Waals surface area contributed by atoms with Gasteiger partial charge in [-0.05, 0) is 85.2 Å². The molecule has 1 heterocycles. The number of ether oxygens (including phenoxy) is 2. The lowest BCUT2D eigenvalue weighted by Crippen LogP contribution is -2.20. The Hall–Kier alpha value is -3.02. The lowest BCUT2D eigenvalue weighted by molar-refractivity contribution is -0.139. The Morgan fingerprint density at radius 2 is 1.80 bits per heavy atom. The fraction of sp³-hybridized carbons (Fsp3) is 0.286. The van der Waals surface area contributed by atoms with Crippen LogP contribution >= 0.6 is 23.2 Å². The average molecular weight is 511 g/mol. The van der Waals surface area contributed by atoms with E-state index in [1.165, 1.54) is 11.1 Å². The van der Waals surface area contributed by atoms with E-state index in [0.29, 0.717) is 58.8 Å². The molecule has 3 aromatic carbocycles. The van der Waals surface area contributed by atoms with E-state index < -0.39 is 11.9 Å². The zero-order valence-corrected chi connectivity index (χ0v) is 20.4. The minimum Gasteiger partial charge on any atom is -0.493 e. The molecular weight excluding hydrogens is 487 g/mol. The number of carboxylic acids is 1. The highest BCUT2D eigenvalue weighted by molar-refractivity contribution is 6.32. The summed E-state index contributed by atoms with van der Waals surface area (Å²) >= 11 is 12.5. The predicted octanol–water partition coefficient (Wildman–Crippen LogP) is 7.43. The van der Waals surface area contributed by atoms with Gasteiger partial charge in [0.05, 0.1) is 17.5 Å². The Morgan fingerprint density at radius 3 is 2.57 bits per heavy atom. The maximum absolute atomic E-state index is 12.8. The Balaban J connectivity index is 1.23. The summed E-state index contributed by atoms with van der Waals surface area (Å²) in [5.74, 6) is 0.297. The van der Waals surface area contributed by atoms with Crippen molar-refractivity contribution in [3.05, 3.63) is 86.9 Å². The van der Waals surface area contributed by atoms with Crippen molar-refractivity contribution in [3.63, 3.8) is 0 Å². The normalized spacial score (nSPS) is 18.3. The van der Waals surface area contributed by atoms with Crippen molar-refractivity contribution in [2.75, 3.05) is 6.61 Å². The van der Waals surface area contributed by atoms with Gasteiger partial charge in [0.15, 0.2) is 5.78 Å². The number of aryl methyl sites for hydroxylation is 1. The second kappa shape index (κ2) is 9.92. The van der Waals surface area contributed by atoms with Crippen LogP contribution in [0.2, 0.25) is 10.0 Å². The molecule has 0 saturated carbocycles. The van der Waals surface area contributed by atoms with Crippen LogP contribution in [0.3, 0.4) is 0 Å². The number of halogens is 2. The maximum atomic E-state index is 12.8. The van der Waals surface area contributed by atoms with Gasteiger partial charge in [-0.15, -0.1) is 0 Å². The molecule has 3 aromatic rings. The summed E-state index contributed by atoms with van der Waals surface area (Å²) in [5.41, 5.74) is 3.79. The summed E-state index contributed by atoms with van der Waals surface area (Å²) < 4.78 is 11.5. The largest absolute Gasteiger partial charge is 0.493 e. The first kappa shape index (κ1) is 23.7. The van der Waals surface area contributed by atoms with Crippen LogP contribution in [0, 0.1) is 0 Å². The summed E-state index contributed by atoms with van der Waals surface area (Å²) in [4.78, 5) is 24.3. The molecule has 0 aromatic heterocycles.